The van der Waals surface area contributed by atoms with E-state index in [9.17, 15) is 4.79 Å². The van der Waals surface area contributed by atoms with Crippen LogP contribution in [-0.4, -0.2) is 30.9 Å². The topological polar surface area (TPSA) is 32.3 Å². The van der Waals surface area contributed by atoms with E-state index in [0.29, 0.717) is 0 Å². The van der Waals surface area contributed by atoms with E-state index in [1.165, 1.54) is 5.56 Å². The highest BCUT2D eigenvalue weighted by atomic mass is 79.9. The van der Waals surface area contributed by atoms with Gasteiger partial charge in [0.25, 0.3) is 0 Å². The van der Waals surface area contributed by atoms with E-state index in [-0.39, 0.29) is 18.0 Å². The van der Waals surface area contributed by atoms with Gasteiger partial charge in [0.2, 0.25) is 5.91 Å². The van der Waals surface area contributed by atoms with Crippen LogP contribution in [0, 0.1) is 0 Å². The molecule has 1 unspecified atom stereocenters. The normalized spacial score (nSPS) is 14.2. The lowest BCUT2D eigenvalue weighted by atomic mass is 10.1. The molecule has 1 aromatic carbocycles. The Kier molecular flexibility index (Phi) is 5.15. The summed E-state index contributed by atoms with van der Waals surface area (Å²) in [6.07, 6.45) is 0. The molecule has 0 heterocycles. The quantitative estimate of drug-likeness (QED) is 0.927. The second-order valence-corrected chi connectivity index (χ2v) is 5.31. The van der Waals surface area contributed by atoms with Crippen molar-refractivity contribution in [1.29, 1.82) is 0 Å². The van der Waals surface area contributed by atoms with Crippen molar-refractivity contribution in [2.24, 2.45) is 0 Å². The van der Waals surface area contributed by atoms with Crippen molar-refractivity contribution in [2.75, 3.05) is 14.1 Å². The zero-order chi connectivity index (χ0) is 13.0. The van der Waals surface area contributed by atoms with Gasteiger partial charge in [0.1, 0.15) is 0 Å². The lowest BCUT2D eigenvalue weighted by molar-refractivity contribution is -0.130. The van der Waals surface area contributed by atoms with Gasteiger partial charge in [-0.25, -0.2) is 0 Å². The van der Waals surface area contributed by atoms with Crippen molar-refractivity contribution in [3.05, 3.63) is 34.3 Å². The van der Waals surface area contributed by atoms with Gasteiger partial charge in [-0.05, 0) is 31.5 Å². The largest absolute Gasteiger partial charge is 0.347 e. The number of halogens is 1. The molecule has 0 aromatic heterocycles. The highest BCUT2D eigenvalue weighted by Gasteiger charge is 2.17. The second-order valence-electron chi connectivity index (χ2n) is 4.39. The summed E-state index contributed by atoms with van der Waals surface area (Å²) in [5.74, 6) is 0.0916. The molecule has 0 fully saturated rings. The average molecular weight is 299 g/mol. The highest BCUT2D eigenvalue weighted by molar-refractivity contribution is 9.10. The molecule has 1 rings (SSSR count). The molecule has 0 aliphatic heterocycles. The first kappa shape index (κ1) is 14.2. The summed E-state index contributed by atoms with van der Waals surface area (Å²) in [5.41, 5.74) is 1.17. The smallest absolute Gasteiger partial charge is 0.238 e. The Balaban J connectivity index is 2.63. The first-order valence-corrected chi connectivity index (χ1v) is 6.43. The summed E-state index contributed by atoms with van der Waals surface area (Å²) in [7, 11) is 3.54. The minimum absolute atomic E-state index is 0.0916. The molecule has 0 spiro atoms. The average Bonchev–Trinajstić information content (AvgIpc) is 2.28. The van der Waals surface area contributed by atoms with Crippen LogP contribution in [-0.2, 0) is 4.79 Å². The standard InChI is InChI=1S/C13H19BrN2O/c1-9(11-5-7-12(14)8-6-11)15-10(2)13(17)16(3)4/h5-10,15H,1-4H3/t9-,10?/m1/s1. The Labute approximate surface area is 111 Å². The predicted molar refractivity (Wildman–Crippen MR) is 73.8 cm³/mol. The van der Waals surface area contributed by atoms with Crippen molar-refractivity contribution in [3.63, 3.8) is 0 Å². The molecule has 0 radical (unpaired) electrons. The first-order valence-electron chi connectivity index (χ1n) is 5.64. The van der Waals surface area contributed by atoms with Gasteiger partial charge in [0.15, 0.2) is 0 Å². The summed E-state index contributed by atoms with van der Waals surface area (Å²) in [5, 5.41) is 3.29. The summed E-state index contributed by atoms with van der Waals surface area (Å²) >= 11 is 3.41. The van der Waals surface area contributed by atoms with Crippen LogP contribution in [0.4, 0.5) is 0 Å². The van der Waals surface area contributed by atoms with Gasteiger partial charge in [0, 0.05) is 24.6 Å². The van der Waals surface area contributed by atoms with E-state index < -0.39 is 0 Å². The summed E-state index contributed by atoms with van der Waals surface area (Å²) in [6.45, 7) is 3.94. The zero-order valence-corrected chi connectivity index (χ0v) is 12.3. The minimum atomic E-state index is -0.177. The number of likely N-dealkylation sites (N-methyl/N-ethyl adjacent to an activating group) is 1. The van der Waals surface area contributed by atoms with Crippen molar-refractivity contribution in [1.82, 2.24) is 10.2 Å². The number of hydrogen-bond donors (Lipinski definition) is 1. The van der Waals surface area contributed by atoms with E-state index in [1.54, 1.807) is 19.0 Å². The van der Waals surface area contributed by atoms with E-state index in [4.69, 9.17) is 0 Å². The summed E-state index contributed by atoms with van der Waals surface area (Å²) < 4.78 is 1.06. The second kappa shape index (κ2) is 6.17. The maximum absolute atomic E-state index is 11.7. The van der Waals surface area contributed by atoms with Gasteiger partial charge in [-0.1, -0.05) is 28.1 Å². The molecule has 0 aliphatic rings. The fraction of sp³-hybridized carbons (Fsp3) is 0.462. The molecule has 1 amide bonds. The van der Waals surface area contributed by atoms with Crippen molar-refractivity contribution < 1.29 is 4.79 Å². The fourth-order valence-corrected chi connectivity index (χ4v) is 1.95. The number of carbonyl (C=O) groups excluding carboxylic acids is 1. The molecule has 1 aromatic rings. The number of benzene rings is 1. The molecule has 17 heavy (non-hydrogen) atoms. The van der Waals surface area contributed by atoms with Gasteiger partial charge >= 0.3 is 0 Å². The number of amides is 1. The van der Waals surface area contributed by atoms with Gasteiger partial charge in [-0.2, -0.15) is 0 Å². The Hall–Kier alpha value is -0.870. The maximum atomic E-state index is 11.7. The summed E-state index contributed by atoms with van der Waals surface area (Å²) in [6, 6.07) is 8.09. The zero-order valence-electron chi connectivity index (χ0n) is 10.7. The van der Waals surface area contributed by atoms with Crippen LogP contribution in [0.2, 0.25) is 0 Å². The van der Waals surface area contributed by atoms with E-state index in [2.05, 4.69) is 40.3 Å². The molecule has 4 heteroatoms. The molecule has 0 bridgehead atoms. The Morgan fingerprint density at radius 1 is 1.24 bits per heavy atom. The van der Waals surface area contributed by atoms with E-state index in [0.717, 1.165) is 4.47 Å². The molecule has 0 saturated carbocycles. The van der Waals surface area contributed by atoms with Gasteiger partial charge < -0.3 is 4.90 Å². The van der Waals surface area contributed by atoms with E-state index >= 15 is 0 Å². The van der Waals surface area contributed by atoms with Gasteiger partial charge in [-0.15, -0.1) is 0 Å². The van der Waals surface area contributed by atoms with Crippen LogP contribution in [0.3, 0.4) is 0 Å². The number of carbonyl (C=O) groups is 1. The van der Waals surface area contributed by atoms with Crippen LogP contribution < -0.4 is 5.32 Å². The number of hydrogen-bond acceptors (Lipinski definition) is 2. The maximum Gasteiger partial charge on any atom is 0.238 e. The highest BCUT2D eigenvalue weighted by Crippen LogP contribution is 2.17. The molecule has 2 atom stereocenters. The SMILES string of the molecule is CC(N[C@H](C)c1ccc(Br)cc1)C(=O)N(C)C. The van der Waals surface area contributed by atoms with Crippen molar-refractivity contribution in [2.45, 2.75) is 25.9 Å². The van der Waals surface area contributed by atoms with Crippen LogP contribution in [0.1, 0.15) is 25.5 Å². The molecule has 0 saturated heterocycles. The summed E-state index contributed by atoms with van der Waals surface area (Å²) in [4.78, 5) is 13.3. The number of rotatable bonds is 4. The Morgan fingerprint density at radius 3 is 2.24 bits per heavy atom. The lowest BCUT2D eigenvalue weighted by Gasteiger charge is -2.22. The van der Waals surface area contributed by atoms with Crippen LogP contribution >= 0.6 is 15.9 Å². The molecule has 0 aliphatic carbocycles. The third-order valence-corrected chi connectivity index (χ3v) is 3.21. The first-order chi connectivity index (χ1) is 7.91. The monoisotopic (exact) mass is 298 g/mol. The Bertz CT molecular complexity index is 376. The van der Waals surface area contributed by atoms with Gasteiger partial charge in [-0.3, -0.25) is 10.1 Å². The molecule has 94 valence electrons. The lowest BCUT2D eigenvalue weighted by Crippen LogP contribution is -2.42. The van der Waals surface area contributed by atoms with Crippen molar-refractivity contribution >= 4 is 21.8 Å². The third-order valence-electron chi connectivity index (χ3n) is 2.68. The van der Waals surface area contributed by atoms with Gasteiger partial charge in [0.05, 0.1) is 6.04 Å². The Morgan fingerprint density at radius 2 is 1.76 bits per heavy atom. The number of nitrogens with one attached hydrogen (secondary N) is 1. The fourth-order valence-electron chi connectivity index (χ4n) is 1.68. The molecule has 1 N–H and O–H groups in total. The number of nitrogens with zero attached hydrogens (tertiary/aromatic N) is 1. The van der Waals surface area contributed by atoms with Crippen molar-refractivity contribution in [3.8, 4) is 0 Å². The molecular formula is C13H19BrN2O. The third kappa shape index (κ3) is 4.13. The van der Waals surface area contributed by atoms with Crippen LogP contribution in [0.5, 0.6) is 0 Å². The molecule has 3 nitrogen and oxygen atoms in total. The van der Waals surface area contributed by atoms with E-state index in [1.807, 2.05) is 19.1 Å². The van der Waals surface area contributed by atoms with Crippen LogP contribution in [0.15, 0.2) is 28.7 Å². The molecular weight excluding hydrogens is 280 g/mol. The minimum Gasteiger partial charge on any atom is -0.347 e. The predicted octanol–water partition coefficient (Wildman–Crippen LogP) is 2.58. The van der Waals surface area contributed by atoms with Crippen LogP contribution in [0.25, 0.3) is 0 Å².